The summed E-state index contributed by atoms with van der Waals surface area (Å²) in [4.78, 5) is 1.97. The van der Waals surface area contributed by atoms with Crippen LogP contribution in [0.1, 0.15) is 12.5 Å². The number of benzene rings is 1. The minimum atomic E-state index is -0.811. The van der Waals surface area contributed by atoms with Gasteiger partial charge in [0.05, 0.1) is 0 Å². The second-order valence-corrected chi connectivity index (χ2v) is 3.92. The quantitative estimate of drug-likeness (QED) is 0.888. The van der Waals surface area contributed by atoms with Gasteiger partial charge in [-0.3, -0.25) is 0 Å². The lowest BCUT2D eigenvalue weighted by Crippen LogP contribution is -2.32. The van der Waals surface area contributed by atoms with Crippen molar-refractivity contribution in [3.8, 4) is 0 Å². The smallest absolute Gasteiger partial charge is 0.159 e. The summed E-state index contributed by atoms with van der Waals surface area (Å²) in [6, 6.07) is 4.01. The summed E-state index contributed by atoms with van der Waals surface area (Å²) in [6.45, 7) is 3.19. The molecule has 0 amide bonds. The van der Waals surface area contributed by atoms with Crippen molar-refractivity contribution < 1.29 is 8.78 Å². The highest BCUT2D eigenvalue weighted by molar-refractivity contribution is 5.85. The molecule has 0 aliphatic carbocycles. The van der Waals surface area contributed by atoms with Gasteiger partial charge in [-0.1, -0.05) is 6.07 Å². The molecule has 16 heavy (non-hydrogen) atoms. The Morgan fingerprint density at radius 2 is 1.94 bits per heavy atom. The molecule has 0 saturated heterocycles. The van der Waals surface area contributed by atoms with Gasteiger partial charge in [0, 0.05) is 19.1 Å². The van der Waals surface area contributed by atoms with E-state index in [1.165, 1.54) is 6.07 Å². The SMILES string of the molecule is CC(N)CN(C)Cc1ccc(F)c(F)c1.Cl. The van der Waals surface area contributed by atoms with E-state index < -0.39 is 11.6 Å². The normalized spacial score (nSPS) is 12.4. The Labute approximate surface area is 101 Å². The van der Waals surface area contributed by atoms with Gasteiger partial charge in [0.25, 0.3) is 0 Å². The standard InChI is InChI=1S/C11H16F2N2.ClH/c1-8(14)6-15(2)7-9-3-4-10(12)11(13)5-9;/h3-5,8H,6-7,14H2,1-2H3;1H. The van der Waals surface area contributed by atoms with E-state index in [1.54, 1.807) is 6.07 Å². The van der Waals surface area contributed by atoms with Gasteiger partial charge < -0.3 is 10.6 Å². The van der Waals surface area contributed by atoms with Gasteiger partial charge >= 0.3 is 0 Å². The monoisotopic (exact) mass is 250 g/mol. The van der Waals surface area contributed by atoms with Crippen molar-refractivity contribution in [2.24, 2.45) is 5.73 Å². The maximum Gasteiger partial charge on any atom is 0.159 e. The first-order valence-corrected chi connectivity index (χ1v) is 4.87. The molecule has 92 valence electrons. The molecule has 1 aromatic rings. The molecular formula is C11H17ClF2N2. The first-order valence-electron chi connectivity index (χ1n) is 4.87. The van der Waals surface area contributed by atoms with E-state index in [0.29, 0.717) is 6.54 Å². The van der Waals surface area contributed by atoms with Crippen molar-refractivity contribution in [2.45, 2.75) is 19.5 Å². The van der Waals surface area contributed by atoms with E-state index in [0.717, 1.165) is 18.2 Å². The fourth-order valence-electron chi connectivity index (χ4n) is 1.51. The van der Waals surface area contributed by atoms with Crippen LogP contribution in [-0.4, -0.2) is 24.5 Å². The molecule has 0 aliphatic rings. The van der Waals surface area contributed by atoms with Gasteiger partial charge in [-0.05, 0) is 31.7 Å². The Kier molecular flexibility index (Phi) is 6.48. The zero-order valence-electron chi connectivity index (χ0n) is 9.41. The number of likely N-dealkylation sites (N-methyl/N-ethyl adjacent to an activating group) is 1. The lowest BCUT2D eigenvalue weighted by Gasteiger charge is -2.18. The van der Waals surface area contributed by atoms with Gasteiger partial charge in [0.15, 0.2) is 11.6 Å². The molecule has 0 fully saturated rings. The van der Waals surface area contributed by atoms with E-state index in [1.807, 2.05) is 18.9 Å². The van der Waals surface area contributed by atoms with Crippen molar-refractivity contribution >= 4 is 12.4 Å². The van der Waals surface area contributed by atoms with Crippen LogP contribution in [0.5, 0.6) is 0 Å². The minimum Gasteiger partial charge on any atom is -0.327 e. The molecule has 2 N–H and O–H groups in total. The van der Waals surface area contributed by atoms with Crippen molar-refractivity contribution in [1.82, 2.24) is 4.90 Å². The number of halogens is 3. The van der Waals surface area contributed by atoms with Crippen LogP contribution in [0.25, 0.3) is 0 Å². The summed E-state index contributed by atoms with van der Waals surface area (Å²) in [6.07, 6.45) is 0. The highest BCUT2D eigenvalue weighted by Gasteiger charge is 2.06. The molecule has 0 aliphatic heterocycles. The third kappa shape index (κ3) is 4.88. The number of nitrogens with zero attached hydrogens (tertiary/aromatic N) is 1. The highest BCUT2D eigenvalue weighted by atomic mass is 35.5. The summed E-state index contributed by atoms with van der Waals surface area (Å²) in [5, 5.41) is 0. The van der Waals surface area contributed by atoms with E-state index in [4.69, 9.17) is 5.73 Å². The van der Waals surface area contributed by atoms with E-state index in [-0.39, 0.29) is 18.4 Å². The van der Waals surface area contributed by atoms with Crippen LogP contribution in [0.15, 0.2) is 18.2 Å². The second-order valence-electron chi connectivity index (χ2n) is 3.92. The maximum absolute atomic E-state index is 12.9. The molecule has 1 aromatic carbocycles. The molecule has 0 heterocycles. The summed E-state index contributed by atoms with van der Waals surface area (Å²) in [7, 11) is 1.89. The Bertz CT molecular complexity index is 332. The Hall–Kier alpha value is -0.710. The fourth-order valence-corrected chi connectivity index (χ4v) is 1.51. The zero-order chi connectivity index (χ0) is 11.4. The van der Waals surface area contributed by atoms with Gasteiger partial charge in [0.2, 0.25) is 0 Å². The first-order chi connectivity index (χ1) is 6.99. The Morgan fingerprint density at radius 1 is 1.31 bits per heavy atom. The summed E-state index contributed by atoms with van der Waals surface area (Å²) < 4.78 is 25.5. The third-order valence-corrected chi connectivity index (χ3v) is 2.04. The third-order valence-electron chi connectivity index (χ3n) is 2.04. The first kappa shape index (κ1) is 15.3. The largest absolute Gasteiger partial charge is 0.327 e. The van der Waals surface area contributed by atoms with Crippen LogP contribution < -0.4 is 5.73 Å². The number of rotatable bonds is 4. The van der Waals surface area contributed by atoms with Crippen molar-refractivity contribution in [3.63, 3.8) is 0 Å². The zero-order valence-corrected chi connectivity index (χ0v) is 10.2. The van der Waals surface area contributed by atoms with Crippen LogP contribution in [0.3, 0.4) is 0 Å². The van der Waals surface area contributed by atoms with Gasteiger partial charge in [-0.15, -0.1) is 12.4 Å². The molecule has 0 saturated carbocycles. The van der Waals surface area contributed by atoms with Crippen LogP contribution in [0.2, 0.25) is 0 Å². The number of nitrogens with two attached hydrogens (primary N) is 1. The topological polar surface area (TPSA) is 29.3 Å². The molecule has 2 nitrogen and oxygen atoms in total. The molecule has 1 atom stereocenters. The molecule has 5 heteroatoms. The highest BCUT2D eigenvalue weighted by Crippen LogP contribution is 2.10. The van der Waals surface area contributed by atoms with Gasteiger partial charge in [-0.2, -0.15) is 0 Å². The summed E-state index contributed by atoms with van der Waals surface area (Å²) in [5.41, 5.74) is 6.37. The van der Waals surface area contributed by atoms with Gasteiger partial charge in [0.1, 0.15) is 0 Å². The lowest BCUT2D eigenvalue weighted by atomic mass is 10.2. The van der Waals surface area contributed by atoms with E-state index in [2.05, 4.69) is 0 Å². The Balaban J connectivity index is 0.00000225. The molecule has 0 spiro atoms. The molecule has 0 aromatic heterocycles. The predicted octanol–water partition coefficient (Wildman–Crippen LogP) is 2.17. The van der Waals surface area contributed by atoms with Gasteiger partial charge in [-0.25, -0.2) is 8.78 Å². The molecule has 1 unspecified atom stereocenters. The van der Waals surface area contributed by atoms with E-state index >= 15 is 0 Å². The fraction of sp³-hybridized carbons (Fsp3) is 0.455. The summed E-state index contributed by atoms with van der Waals surface area (Å²) >= 11 is 0. The predicted molar refractivity (Wildman–Crippen MR) is 63.6 cm³/mol. The minimum absolute atomic E-state index is 0. The van der Waals surface area contributed by atoms with Crippen molar-refractivity contribution in [1.29, 1.82) is 0 Å². The van der Waals surface area contributed by atoms with E-state index in [9.17, 15) is 8.78 Å². The molecule has 1 rings (SSSR count). The van der Waals surface area contributed by atoms with Crippen LogP contribution in [-0.2, 0) is 6.54 Å². The van der Waals surface area contributed by atoms with Crippen LogP contribution >= 0.6 is 12.4 Å². The lowest BCUT2D eigenvalue weighted by molar-refractivity contribution is 0.309. The summed E-state index contributed by atoms with van der Waals surface area (Å²) in [5.74, 6) is -1.62. The molecular weight excluding hydrogens is 234 g/mol. The average Bonchev–Trinajstić information content (AvgIpc) is 2.10. The molecule has 0 radical (unpaired) electrons. The molecule has 0 bridgehead atoms. The van der Waals surface area contributed by atoms with Crippen molar-refractivity contribution in [2.75, 3.05) is 13.6 Å². The van der Waals surface area contributed by atoms with Crippen LogP contribution in [0.4, 0.5) is 8.78 Å². The average molecular weight is 251 g/mol. The Morgan fingerprint density at radius 3 is 2.44 bits per heavy atom. The second kappa shape index (κ2) is 6.78. The number of hydrogen-bond donors (Lipinski definition) is 1. The maximum atomic E-state index is 12.9. The number of hydrogen-bond acceptors (Lipinski definition) is 2. The van der Waals surface area contributed by atoms with Crippen LogP contribution in [0, 0.1) is 11.6 Å². The van der Waals surface area contributed by atoms with Crippen molar-refractivity contribution in [3.05, 3.63) is 35.4 Å².